The Morgan fingerprint density at radius 2 is 2.20 bits per heavy atom. The molecular formula is C15H18FNO3. The SMILES string of the molecule is CCC(c1ccccc1F)N1C(=O)CCC1C(=O)OC. The Hall–Kier alpha value is -1.91. The Bertz CT molecular complexity index is 518. The van der Waals surface area contributed by atoms with Crippen LogP contribution in [0.2, 0.25) is 0 Å². The van der Waals surface area contributed by atoms with Crippen LogP contribution in [0.1, 0.15) is 37.8 Å². The fourth-order valence-electron chi connectivity index (χ4n) is 2.77. The minimum atomic E-state index is -0.614. The van der Waals surface area contributed by atoms with E-state index in [-0.39, 0.29) is 11.7 Å². The van der Waals surface area contributed by atoms with E-state index in [0.29, 0.717) is 24.8 Å². The number of nitrogens with zero attached hydrogens (tertiary/aromatic N) is 1. The van der Waals surface area contributed by atoms with Gasteiger partial charge in [-0.1, -0.05) is 25.1 Å². The van der Waals surface area contributed by atoms with E-state index in [2.05, 4.69) is 0 Å². The van der Waals surface area contributed by atoms with Crippen LogP contribution in [0.4, 0.5) is 4.39 Å². The van der Waals surface area contributed by atoms with Crippen LogP contribution in [0.15, 0.2) is 24.3 Å². The van der Waals surface area contributed by atoms with E-state index in [9.17, 15) is 14.0 Å². The highest BCUT2D eigenvalue weighted by Crippen LogP contribution is 2.34. The largest absolute Gasteiger partial charge is 0.467 e. The lowest BCUT2D eigenvalue weighted by Crippen LogP contribution is -2.41. The first-order valence-corrected chi connectivity index (χ1v) is 6.73. The van der Waals surface area contributed by atoms with Gasteiger partial charge in [-0.2, -0.15) is 0 Å². The lowest BCUT2D eigenvalue weighted by molar-refractivity contribution is -0.151. The van der Waals surface area contributed by atoms with Crippen LogP contribution < -0.4 is 0 Å². The molecule has 0 spiro atoms. The molecule has 0 radical (unpaired) electrons. The molecule has 1 aromatic carbocycles. The minimum Gasteiger partial charge on any atom is -0.467 e. The third-order valence-corrected chi connectivity index (χ3v) is 3.72. The van der Waals surface area contributed by atoms with E-state index in [1.165, 1.54) is 18.1 Å². The van der Waals surface area contributed by atoms with Gasteiger partial charge in [0, 0.05) is 12.0 Å². The molecule has 0 aliphatic carbocycles. The van der Waals surface area contributed by atoms with Crippen molar-refractivity contribution in [3.05, 3.63) is 35.6 Å². The number of methoxy groups -OCH3 is 1. The number of carbonyl (C=O) groups excluding carboxylic acids is 2. The van der Waals surface area contributed by atoms with E-state index < -0.39 is 18.1 Å². The van der Waals surface area contributed by atoms with Gasteiger partial charge in [-0.05, 0) is 18.9 Å². The normalized spacial score (nSPS) is 20.1. The van der Waals surface area contributed by atoms with Crippen LogP contribution in [0.25, 0.3) is 0 Å². The lowest BCUT2D eigenvalue weighted by Gasteiger charge is -2.31. The summed E-state index contributed by atoms with van der Waals surface area (Å²) in [5.41, 5.74) is 0.444. The zero-order chi connectivity index (χ0) is 14.7. The average Bonchev–Trinajstić information content (AvgIpc) is 2.83. The summed E-state index contributed by atoms with van der Waals surface area (Å²) < 4.78 is 18.7. The molecule has 1 aliphatic rings. The van der Waals surface area contributed by atoms with Crippen LogP contribution >= 0.6 is 0 Å². The summed E-state index contributed by atoms with van der Waals surface area (Å²) in [4.78, 5) is 25.4. The minimum absolute atomic E-state index is 0.129. The Kier molecular flexibility index (Phi) is 4.37. The van der Waals surface area contributed by atoms with Crippen LogP contribution in [-0.4, -0.2) is 29.9 Å². The molecule has 1 saturated heterocycles. The van der Waals surface area contributed by atoms with Crippen LogP contribution in [0.5, 0.6) is 0 Å². The average molecular weight is 279 g/mol. The van der Waals surface area contributed by atoms with Crippen molar-refractivity contribution in [1.29, 1.82) is 0 Å². The summed E-state index contributed by atoms with van der Waals surface area (Å²) in [7, 11) is 1.30. The third kappa shape index (κ3) is 2.53. The smallest absolute Gasteiger partial charge is 0.328 e. The molecule has 2 atom stereocenters. The van der Waals surface area contributed by atoms with Gasteiger partial charge in [0.25, 0.3) is 0 Å². The molecule has 5 heteroatoms. The van der Waals surface area contributed by atoms with Gasteiger partial charge in [-0.15, -0.1) is 0 Å². The molecule has 0 saturated carbocycles. The fraction of sp³-hybridized carbons (Fsp3) is 0.467. The first-order chi connectivity index (χ1) is 9.60. The maximum atomic E-state index is 14.0. The summed E-state index contributed by atoms with van der Waals surface area (Å²) in [6.45, 7) is 1.87. The monoisotopic (exact) mass is 279 g/mol. The second-order valence-electron chi connectivity index (χ2n) is 4.82. The molecule has 1 fully saturated rings. The summed E-state index contributed by atoms with van der Waals surface area (Å²) in [5, 5.41) is 0. The quantitative estimate of drug-likeness (QED) is 0.795. The molecule has 1 aliphatic heterocycles. The molecule has 1 heterocycles. The van der Waals surface area contributed by atoms with E-state index >= 15 is 0 Å². The number of halogens is 1. The number of benzene rings is 1. The number of carbonyl (C=O) groups is 2. The second kappa shape index (κ2) is 6.03. The molecule has 20 heavy (non-hydrogen) atoms. The second-order valence-corrected chi connectivity index (χ2v) is 4.82. The van der Waals surface area contributed by atoms with Crippen molar-refractivity contribution in [1.82, 2.24) is 4.90 Å². The van der Waals surface area contributed by atoms with Crippen molar-refractivity contribution in [3.63, 3.8) is 0 Å². The topological polar surface area (TPSA) is 46.6 Å². The van der Waals surface area contributed by atoms with Crippen molar-refractivity contribution >= 4 is 11.9 Å². The summed E-state index contributed by atoms with van der Waals surface area (Å²) in [5.74, 6) is -0.927. The molecule has 2 rings (SSSR count). The van der Waals surface area contributed by atoms with Gasteiger partial charge in [0.05, 0.1) is 13.2 Å². The molecule has 2 unspecified atom stereocenters. The Balaban J connectivity index is 2.36. The Morgan fingerprint density at radius 1 is 1.50 bits per heavy atom. The molecule has 0 aromatic heterocycles. The Labute approximate surface area is 117 Å². The van der Waals surface area contributed by atoms with Crippen LogP contribution in [0.3, 0.4) is 0 Å². The van der Waals surface area contributed by atoms with Gasteiger partial charge in [-0.3, -0.25) is 4.79 Å². The maximum absolute atomic E-state index is 14.0. The summed E-state index contributed by atoms with van der Waals surface area (Å²) in [6, 6.07) is 5.31. The Morgan fingerprint density at radius 3 is 2.80 bits per heavy atom. The highest BCUT2D eigenvalue weighted by molar-refractivity contribution is 5.88. The van der Waals surface area contributed by atoms with Crippen molar-refractivity contribution in [2.75, 3.05) is 7.11 Å². The number of hydrogen-bond acceptors (Lipinski definition) is 3. The third-order valence-electron chi connectivity index (χ3n) is 3.72. The van der Waals surface area contributed by atoms with Gasteiger partial charge in [-0.25, -0.2) is 9.18 Å². The standard InChI is InChI=1S/C15H18FNO3/c1-3-12(10-6-4-5-7-11(10)16)17-13(15(19)20-2)8-9-14(17)18/h4-7,12-13H,3,8-9H2,1-2H3. The maximum Gasteiger partial charge on any atom is 0.328 e. The van der Waals surface area contributed by atoms with E-state index in [1.54, 1.807) is 18.2 Å². The highest BCUT2D eigenvalue weighted by Gasteiger charge is 2.41. The van der Waals surface area contributed by atoms with Gasteiger partial charge >= 0.3 is 5.97 Å². The first kappa shape index (κ1) is 14.5. The van der Waals surface area contributed by atoms with Crippen LogP contribution in [0, 0.1) is 5.82 Å². The van der Waals surface area contributed by atoms with Crippen molar-refractivity contribution in [2.24, 2.45) is 0 Å². The zero-order valence-electron chi connectivity index (χ0n) is 11.6. The molecular weight excluding hydrogens is 261 g/mol. The van der Waals surface area contributed by atoms with E-state index in [0.717, 1.165) is 0 Å². The number of hydrogen-bond donors (Lipinski definition) is 0. The predicted molar refractivity (Wildman–Crippen MR) is 71.3 cm³/mol. The van der Waals surface area contributed by atoms with Crippen molar-refractivity contribution in [3.8, 4) is 0 Å². The number of esters is 1. The highest BCUT2D eigenvalue weighted by atomic mass is 19.1. The van der Waals surface area contributed by atoms with Crippen molar-refractivity contribution < 1.29 is 18.7 Å². The van der Waals surface area contributed by atoms with Crippen molar-refractivity contribution in [2.45, 2.75) is 38.3 Å². The number of rotatable bonds is 4. The van der Waals surface area contributed by atoms with Gasteiger partial charge < -0.3 is 9.64 Å². The fourth-order valence-corrected chi connectivity index (χ4v) is 2.77. The molecule has 1 amide bonds. The molecule has 0 N–H and O–H groups in total. The van der Waals surface area contributed by atoms with Crippen LogP contribution in [-0.2, 0) is 14.3 Å². The predicted octanol–water partition coefficient (Wildman–Crippen LogP) is 2.44. The van der Waals surface area contributed by atoms with Gasteiger partial charge in [0.15, 0.2) is 0 Å². The lowest BCUT2D eigenvalue weighted by atomic mass is 10.0. The molecule has 1 aromatic rings. The molecule has 108 valence electrons. The summed E-state index contributed by atoms with van der Waals surface area (Å²) >= 11 is 0. The van der Waals surface area contributed by atoms with E-state index in [4.69, 9.17) is 4.74 Å². The van der Waals surface area contributed by atoms with Gasteiger partial charge in [0.1, 0.15) is 11.9 Å². The molecule has 0 bridgehead atoms. The zero-order valence-corrected chi connectivity index (χ0v) is 11.6. The summed E-state index contributed by atoms with van der Waals surface area (Å²) in [6.07, 6.45) is 1.27. The van der Waals surface area contributed by atoms with E-state index in [1.807, 2.05) is 6.92 Å². The first-order valence-electron chi connectivity index (χ1n) is 6.73. The van der Waals surface area contributed by atoms with Gasteiger partial charge in [0.2, 0.25) is 5.91 Å². The number of amides is 1. The number of ether oxygens (including phenoxy) is 1. The number of likely N-dealkylation sites (tertiary alicyclic amines) is 1. The molecule has 4 nitrogen and oxygen atoms in total.